The molecule has 0 radical (unpaired) electrons. The van der Waals surface area contributed by atoms with E-state index in [4.69, 9.17) is 5.73 Å². The number of rotatable bonds is 5. The standard InChI is InChI=1S/C20H33N5.HI/c1-18-7-10-25(11-8-18)20(21)22-9-12-23-13-15-24(16-14-23)17-19-5-3-2-4-6-19;/h2-6,18H,7-17H2,1H3,(H2,21,22);1H. The quantitative estimate of drug-likeness (QED) is 0.407. The fourth-order valence-electron chi connectivity index (χ4n) is 3.66. The summed E-state index contributed by atoms with van der Waals surface area (Å²) >= 11 is 0. The highest BCUT2D eigenvalue weighted by Gasteiger charge is 2.18. The minimum Gasteiger partial charge on any atom is -0.370 e. The van der Waals surface area contributed by atoms with E-state index in [1.165, 1.54) is 18.4 Å². The number of likely N-dealkylation sites (tertiary alicyclic amines) is 1. The number of piperidine rings is 1. The van der Waals surface area contributed by atoms with E-state index in [1.54, 1.807) is 0 Å². The smallest absolute Gasteiger partial charge is 0.191 e. The highest BCUT2D eigenvalue weighted by Crippen LogP contribution is 2.15. The number of aliphatic imine (C=N–C) groups is 1. The Morgan fingerprint density at radius 2 is 1.62 bits per heavy atom. The van der Waals surface area contributed by atoms with Crippen molar-refractivity contribution in [1.29, 1.82) is 0 Å². The zero-order valence-corrected chi connectivity index (χ0v) is 18.3. The van der Waals surface area contributed by atoms with Gasteiger partial charge in [-0.25, -0.2) is 0 Å². The summed E-state index contributed by atoms with van der Waals surface area (Å²) in [5.41, 5.74) is 7.57. The van der Waals surface area contributed by atoms with Crippen LogP contribution in [0.25, 0.3) is 0 Å². The van der Waals surface area contributed by atoms with E-state index in [1.807, 2.05) is 0 Å². The Labute approximate surface area is 175 Å². The average Bonchev–Trinajstić information content (AvgIpc) is 2.64. The van der Waals surface area contributed by atoms with Crippen LogP contribution in [0.15, 0.2) is 35.3 Å². The predicted molar refractivity (Wildman–Crippen MR) is 120 cm³/mol. The van der Waals surface area contributed by atoms with Crippen LogP contribution < -0.4 is 5.73 Å². The molecule has 5 nitrogen and oxygen atoms in total. The van der Waals surface area contributed by atoms with E-state index in [2.05, 4.69) is 56.9 Å². The van der Waals surface area contributed by atoms with E-state index in [0.29, 0.717) is 0 Å². The van der Waals surface area contributed by atoms with Crippen LogP contribution in [0, 0.1) is 5.92 Å². The molecule has 3 rings (SSSR count). The van der Waals surface area contributed by atoms with Gasteiger partial charge in [0, 0.05) is 52.4 Å². The molecule has 2 aliphatic heterocycles. The van der Waals surface area contributed by atoms with Crippen molar-refractivity contribution in [2.45, 2.75) is 26.3 Å². The Morgan fingerprint density at radius 1 is 1.00 bits per heavy atom. The largest absolute Gasteiger partial charge is 0.370 e. The molecule has 2 heterocycles. The number of piperazine rings is 1. The monoisotopic (exact) mass is 471 g/mol. The van der Waals surface area contributed by atoms with Gasteiger partial charge in [0.1, 0.15) is 0 Å². The van der Waals surface area contributed by atoms with E-state index in [0.717, 1.165) is 70.8 Å². The van der Waals surface area contributed by atoms with Gasteiger partial charge >= 0.3 is 0 Å². The van der Waals surface area contributed by atoms with Crippen molar-refractivity contribution < 1.29 is 0 Å². The minimum atomic E-state index is 0. The lowest BCUT2D eigenvalue weighted by Gasteiger charge is -2.34. The third-order valence-corrected chi connectivity index (χ3v) is 5.51. The third-order valence-electron chi connectivity index (χ3n) is 5.51. The molecule has 0 saturated carbocycles. The molecule has 2 saturated heterocycles. The lowest BCUT2D eigenvalue weighted by Crippen LogP contribution is -2.47. The Kier molecular flexibility index (Phi) is 9.15. The van der Waals surface area contributed by atoms with Crippen molar-refractivity contribution in [2.75, 3.05) is 52.4 Å². The summed E-state index contributed by atoms with van der Waals surface area (Å²) in [6, 6.07) is 10.8. The summed E-state index contributed by atoms with van der Waals surface area (Å²) in [5.74, 6) is 1.57. The molecule has 1 aromatic rings. The fraction of sp³-hybridized carbons (Fsp3) is 0.650. The van der Waals surface area contributed by atoms with Crippen LogP contribution in [-0.4, -0.2) is 73.0 Å². The van der Waals surface area contributed by atoms with Gasteiger partial charge in [-0.15, -0.1) is 24.0 Å². The zero-order chi connectivity index (χ0) is 17.5. The van der Waals surface area contributed by atoms with Gasteiger partial charge in [0.15, 0.2) is 5.96 Å². The van der Waals surface area contributed by atoms with Crippen LogP contribution >= 0.6 is 24.0 Å². The fourth-order valence-corrected chi connectivity index (χ4v) is 3.66. The van der Waals surface area contributed by atoms with Crippen molar-refractivity contribution in [3.8, 4) is 0 Å². The van der Waals surface area contributed by atoms with E-state index < -0.39 is 0 Å². The van der Waals surface area contributed by atoms with Gasteiger partial charge in [-0.2, -0.15) is 0 Å². The normalized spacial score (nSPS) is 20.8. The van der Waals surface area contributed by atoms with Crippen molar-refractivity contribution in [2.24, 2.45) is 16.6 Å². The van der Waals surface area contributed by atoms with Crippen LogP contribution in [0.1, 0.15) is 25.3 Å². The topological polar surface area (TPSA) is 48.1 Å². The van der Waals surface area contributed by atoms with Crippen LogP contribution in [0.2, 0.25) is 0 Å². The molecule has 0 amide bonds. The van der Waals surface area contributed by atoms with Gasteiger partial charge in [-0.3, -0.25) is 14.8 Å². The van der Waals surface area contributed by atoms with Crippen molar-refractivity contribution in [3.63, 3.8) is 0 Å². The molecule has 2 aliphatic rings. The molecule has 0 bridgehead atoms. The highest BCUT2D eigenvalue weighted by molar-refractivity contribution is 14.0. The average molecular weight is 471 g/mol. The Balaban J connectivity index is 0.00000243. The lowest BCUT2D eigenvalue weighted by molar-refractivity contribution is 0.130. The Bertz CT molecular complexity index is 534. The van der Waals surface area contributed by atoms with Crippen LogP contribution in [0.5, 0.6) is 0 Å². The zero-order valence-electron chi connectivity index (χ0n) is 16.0. The molecule has 6 heteroatoms. The van der Waals surface area contributed by atoms with Crippen LogP contribution in [0.3, 0.4) is 0 Å². The van der Waals surface area contributed by atoms with Crippen LogP contribution in [-0.2, 0) is 6.54 Å². The number of hydrogen-bond donors (Lipinski definition) is 1. The van der Waals surface area contributed by atoms with Gasteiger partial charge in [-0.05, 0) is 24.3 Å². The first kappa shape index (κ1) is 21.4. The van der Waals surface area contributed by atoms with E-state index >= 15 is 0 Å². The lowest BCUT2D eigenvalue weighted by atomic mass is 10.00. The van der Waals surface area contributed by atoms with E-state index in [9.17, 15) is 0 Å². The highest BCUT2D eigenvalue weighted by atomic mass is 127. The number of nitrogens with zero attached hydrogens (tertiary/aromatic N) is 4. The first-order valence-corrected chi connectivity index (χ1v) is 9.74. The molecule has 0 atom stereocenters. The van der Waals surface area contributed by atoms with Gasteiger partial charge in [0.2, 0.25) is 0 Å². The Hall–Kier alpha value is -0.860. The van der Waals surface area contributed by atoms with Gasteiger partial charge < -0.3 is 10.6 Å². The number of hydrogen-bond acceptors (Lipinski definition) is 3. The number of nitrogens with two attached hydrogens (primary N) is 1. The minimum absolute atomic E-state index is 0. The molecule has 0 spiro atoms. The maximum Gasteiger partial charge on any atom is 0.191 e. The molecule has 26 heavy (non-hydrogen) atoms. The van der Waals surface area contributed by atoms with E-state index in [-0.39, 0.29) is 24.0 Å². The molecular formula is C20H34IN5. The van der Waals surface area contributed by atoms with Crippen LogP contribution in [0.4, 0.5) is 0 Å². The molecule has 0 aromatic heterocycles. The molecule has 0 aliphatic carbocycles. The molecule has 0 unspecified atom stereocenters. The van der Waals surface area contributed by atoms with Crippen molar-refractivity contribution in [1.82, 2.24) is 14.7 Å². The second-order valence-corrected chi connectivity index (χ2v) is 7.51. The summed E-state index contributed by atoms with van der Waals surface area (Å²) in [7, 11) is 0. The number of benzene rings is 1. The van der Waals surface area contributed by atoms with Gasteiger partial charge in [0.25, 0.3) is 0 Å². The summed E-state index contributed by atoms with van der Waals surface area (Å²) in [6.07, 6.45) is 2.47. The summed E-state index contributed by atoms with van der Waals surface area (Å²) in [4.78, 5) is 11.9. The molecular weight excluding hydrogens is 437 g/mol. The molecule has 146 valence electrons. The van der Waals surface area contributed by atoms with Crippen molar-refractivity contribution in [3.05, 3.63) is 35.9 Å². The number of halogens is 1. The third kappa shape index (κ3) is 6.70. The van der Waals surface area contributed by atoms with Gasteiger partial charge in [0.05, 0.1) is 6.54 Å². The first-order chi connectivity index (χ1) is 12.2. The second kappa shape index (κ2) is 11.1. The SMILES string of the molecule is CC1CCN(C(N)=NCCN2CCN(Cc3ccccc3)CC2)CC1.I. The molecule has 1 aromatic carbocycles. The van der Waals surface area contributed by atoms with Gasteiger partial charge in [-0.1, -0.05) is 37.3 Å². The first-order valence-electron chi connectivity index (χ1n) is 9.74. The molecule has 2 fully saturated rings. The maximum absolute atomic E-state index is 6.17. The summed E-state index contributed by atoms with van der Waals surface area (Å²) < 4.78 is 0. The number of guanidine groups is 1. The predicted octanol–water partition coefficient (Wildman–Crippen LogP) is 2.47. The summed E-state index contributed by atoms with van der Waals surface area (Å²) in [5, 5.41) is 0. The maximum atomic E-state index is 6.17. The summed E-state index contributed by atoms with van der Waals surface area (Å²) in [6.45, 7) is 11.9. The Morgan fingerprint density at radius 3 is 2.27 bits per heavy atom. The second-order valence-electron chi connectivity index (χ2n) is 7.51. The van der Waals surface area contributed by atoms with Crippen molar-refractivity contribution >= 4 is 29.9 Å². The molecule has 2 N–H and O–H groups in total.